The second-order valence-electron chi connectivity index (χ2n) is 6.68. The molecule has 0 radical (unpaired) electrons. The van der Waals surface area contributed by atoms with E-state index in [0.717, 1.165) is 6.07 Å². The van der Waals surface area contributed by atoms with Gasteiger partial charge in [-0.25, -0.2) is 4.39 Å². The van der Waals surface area contributed by atoms with E-state index in [2.05, 4.69) is 0 Å². The zero-order valence-corrected chi connectivity index (χ0v) is 16.7. The van der Waals surface area contributed by atoms with Gasteiger partial charge in [0.1, 0.15) is 5.76 Å². The van der Waals surface area contributed by atoms with Gasteiger partial charge in [0.15, 0.2) is 11.6 Å². The van der Waals surface area contributed by atoms with Crippen molar-refractivity contribution < 1.29 is 33.5 Å². The Bertz CT molecular complexity index is 1070. The molecular formula is C21H19FN2O7. The number of nitro groups is 1. The zero-order valence-electron chi connectivity index (χ0n) is 16.7. The Morgan fingerprint density at radius 1 is 1.19 bits per heavy atom. The molecule has 1 N–H and O–H groups in total. The maximum atomic E-state index is 14.2. The highest BCUT2D eigenvalue weighted by atomic mass is 19.1. The summed E-state index contributed by atoms with van der Waals surface area (Å²) in [7, 11) is 2.71. The van der Waals surface area contributed by atoms with E-state index in [0.29, 0.717) is 5.56 Å². The Balaban J connectivity index is 2.15. The van der Waals surface area contributed by atoms with Crippen molar-refractivity contribution in [1.29, 1.82) is 0 Å². The van der Waals surface area contributed by atoms with Crippen LogP contribution in [0.25, 0.3) is 5.76 Å². The lowest BCUT2D eigenvalue weighted by molar-refractivity contribution is -0.384. The fourth-order valence-electron chi connectivity index (χ4n) is 3.39. The molecule has 1 aliphatic rings. The van der Waals surface area contributed by atoms with Crippen molar-refractivity contribution in [1.82, 2.24) is 4.90 Å². The van der Waals surface area contributed by atoms with Crippen LogP contribution in [0.1, 0.15) is 17.2 Å². The Kier molecular flexibility index (Phi) is 6.30. The number of hydrogen-bond donors (Lipinski definition) is 1. The predicted molar refractivity (Wildman–Crippen MR) is 107 cm³/mol. The monoisotopic (exact) mass is 430 g/mol. The number of nitro benzene ring substituents is 1. The molecule has 0 saturated carbocycles. The molecule has 0 aromatic heterocycles. The van der Waals surface area contributed by atoms with E-state index < -0.39 is 34.2 Å². The quantitative estimate of drug-likeness (QED) is 0.236. The van der Waals surface area contributed by atoms with Crippen LogP contribution < -0.4 is 4.74 Å². The minimum absolute atomic E-state index is 0.0186. The van der Waals surface area contributed by atoms with E-state index in [1.807, 2.05) is 0 Å². The topological polar surface area (TPSA) is 119 Å². The first kappa shape index (κ1) is 21.9. The van der Waals surface area contributed by atoms with Crippen molar-refractivity contribution in [2.75, 3.05) is 27.4 Å². The maximum absolute atomic E-state index is 14.2. The lowest BCUT2D eigenvalue weighted by Crippen LogP contribution is -2.32. The molecule has 31 heavy (non-hydrogen) atoms. The van der Waals surface area contributed by atoms with E-state index in [1.54, 1.807) is 0 Å². The first-order valence-electron chi connectivity index (χ1n) is 9.15. The van der Waals surface area contributed by atoms with Gasteiger partial charge in [0.05, 0.1) is 30.3 Å². The van der Waals surface area contributed by atoms with Gasteiger partial charge >= 0.3 is 0 Å². The Labute approximate surface area is 176 Å². The van der Waals surface area contributed by atoms with E-state index in [1.165, 1.54) is 55.5 Å². The van der Waals surface area contributed by atoms with Gasteiger partial charge in [-0.05, 0) is 35.9 Å². The molecular weight excluding hydrogens is 411 g/mol. The average molecular weight is 430 g/mol. The summed E-state index contributed by atoms with van der Waals surface area (Å²) in [5.41, 5.74) is -0.0688. The third-order valence-electron chi connectivity index (χ3n) is 4.92. The van der Waals surface area contributed by atoms with Crippen LogP contribution >= 0.6 is 0 Å². The molecule has 10 heteroatoms. The van der Waals surface area contributed by atoms with E-state index >= 15 is 0 Å². The third kappa shape index (κ3) is 4.10. The number of benzene rings is 2. The number of carbonyl (C=O) groups is 2. The molecule has 2 aromatic rings. The first-order chi connectivity index (χ1) is 14.8. The number of likely N-dealkylation sites (tertiary alicyclic amines) is 1. The predicted octanol–water partition coefficient (Wildman–Crippen LogP) is 2.81. The number of halogens is 1. The molecule has 0 aliphatic carbocycles. The number of non-ortho nitro benzene ring substituents is 1. The number of ether oxygens (including phenoxy) is 2. The van der Waals surface area contributed by atoms with Crippen molar-refractivity contribution in [3.8, 4) is 5.75 Å². The highest BCUT2D eigenvalue weighted by Crippen LogP contribution is 2.40. The second kappa shape index (κ2) is 8.92. The number of hydrogen-bond acceptors (Lipinski definition) is 7. The number of carbonyl (C=O) groups excluding carboxylic acids is 2. The van der Waals surface area contributed by atoms with E-state index in [-0.39, 0.29) is 35.7 Å². The highest BCUT2D eigenvalue weighted by Gasteiger charge is 2.46. The highest BCUT2D eigenvalue weighted by molar-refractivity contribution is 6.46. The molecule has 1 unspecified atom stereocenters. The Morgan fingerprint density at radius 3 is 2.42 bits per heavy atom. The van der Waals surface area contributed by atoms with Crippen molar-refractivity contribution in [2.24, 2.45) is 0 Å². The summed E-state index contributed by atoms with van der Waals surface area (Å²) < 4.78 is 24.0. The van der Waals surface area contributed by atoms with Gasteiger partial charge in [0.2, 0.25) is 0 Å². The van der Waals surface area contributed by atoms with Gasteiger partial charge in [0, 0.05) is 31.4 Å². The summed E-state index contributed by atoms with van der Waals surface area (Å²) >= 11 is 0. The summed E-state index contributed by atoms with van der Waals surface area (Å²) in [5.74, 6) is -3.19. The van der Waals surface area contributed by atoms with Crippen LogP contribution in [0.3, 0.4) is 0 Å². The van der Waals surface area contributed by atoms with Gasteiger partial charge < -0.3 is 19.5 Å². The average Bonchev–Trinajstić information content (AvgIpc) is 3.01. The Morgan fingerprint density at radius 2 is 1.87 bits per heavy atom. The largest absolute Gasteiger partial charge is 0.507 e. The molecule has 2 aromatic carbocycles. The summed E-state index contributed by atoms with van der Waals surface area (Å²) in [6.07, 6.45) is 0. The third-order valence-corrected chi connectivity index (χ3v) is 4.92. The normalized spacial score (nSPS) is 17.8. The molecule has 162 valence electrons. The summed E-state index contributed by atoms with van der Waals surface area (Å²) in [5, 5.41) is 21.8. The van der Waals surface area contributed by atoms with E-state index in [9.17, 15) is 29.2 Å². The number of aliphatic hydroxyl groups is 1. The van der Waals surface area contributed by atoms with Gasteiger partial charge in [-0.2, -0.15) is 0 Å². The SMILES string of the molecule is COCCN1C(=O)C(=O)C(=C(O)c2ccc(OC)c(F)c2)C1c1ccc([N+](=O)[O-])cc1. The number of aliphatic hydroxyl groups excluding tert-OH is 1. The van der Waals surface area contributed by atoms with Crippen LogP contribution in [0.15, 0.2) is 48.0 Å². The van der Waals surface area contributed by atoms with Crippen molar-refractivity contribution >= 4 is 23.1 Å². The molecule has 0 spiro atoms. The fourth-order valence-corrected chi connectivity index (χ4v) is 3.39. The molecule has 0 bridgehead atoms. The number of rotatable bonds is 7. The molecule has 1 amide bonds. The number of methoxy groups -OCH3 is 2. The molecule has 1 heterocycles. The smallest absolute Gasteiger partial charge is 0.295 e. The number of Topliss-reactive ketones (excluding diaryl/α,β-unsaturated/α-hetero) is 1. The van der Waals surface area contributed by atoms with Crippen LogP contribution in [0, 0.1) is 15.9 Å². The minimum atomic E-state index is -1.03. The van der Waals surface area contributed by atoms with Gasteiger partial charge in [-0.1, -0.05) is 0 Å². The minimum Gasteiger partial charge on any atom is -0.507 e. The first-order valence-corrected chi connectivity index (χ1v) is 9.15. The maximum Gasteiger partial charge on any atom is 0.295 e. The van der Waals surface area contributed by atoms with Crippen LogP contribution in [-0.4, -0.2) is 54.0 Å². The van der Waals surface area contributed by atoms with Gasteiger partial charge in [0.25, 0.3) is 17.4 Å². The van der Waals surface area contributed by atoms with Gasteiger partial charge in [-0.15, -0.1) is 0 Å². The lowest BCUT2D eigenvalue weighted by Gasteiger charge is -2.25. The lowest BCUT2D eigenvalue weighted by atomic mass is 9.95. The zero-order chi connectivity index (χ0) is 22.7. The van der Waals surface area contributed by atoms with Crippen molar-refractivity contribution in [3.63, 3.8) is 0 Å². The van der Waals surface area contributed by atoms with Crippen LogP contribution in [0.4, 0.5) is 10.1 Å². The molecule has 3 rings (SSSR count). The fraction of sp³-hybridized carbons (Fsp3) is 0.238. The van der Waals surface area contributed by atoms with E-state index in [4.69, 9.17) is 9.47 Å². The molecule has 1 saturated heterocycles. The number of ketones is 1. The Hall–Kier alpha value is -3.79. The second-order valence-corrected chi connectivity index (χ2v) is 6.68. The standard InChI is InChI=1S/C21H19FN2O7/c1-30-10-9-23-18(12-3-6-14(7-4-12)24(28)29)17(20(26)21(23)27)19(25)13-5-8-16(31-2)15(22)11-13/h3-8,11,18,25H,9-10H2,1-2H3. The van der Waals surface area contributed by atoms with Crippen molar-refractivity contribution in [3.05, 3.63) is 75.1 Å². The van der Waals surface area contributed by atoms with Gasteiger partial charge in [-0.3, -0.25) is 19.7 Å². The summed E-state index contributed by atoms with van der Waals surface area (Å²) in [4.78, 5) is 37.0. The van der Waals surface area contributed by atoms with Crippen LogP contribution in [0.5, 0.6) is 5.75 Å². The van der Waals surface area contributed by atoms with Crippen LogP contribution in [0.2, 0.25) is 0 Å². The van der Waals surface area contributed by atoms with Crippen LogP contribution in [-0.2, 0) is 14.3 Å². The molecule has 9 nitrogen and oxygen atoms in total. The number of nitrogens with zero attached hydrogens (tertiary/aromatic N) is 2. The molecule has 1 aliphatic heterocycles. The number of amides is 1. The summed E-state index contributed by atoms with van der Waals surface area (Å²) in [6.45, 7) is 0.157. The summed E-state index contributed by atoms with van der Waals surface area (Å²) in [6, 6.07) is 7.87. The molecule has 1 fully saturated rings. The van der Waals surface area contributed by atoms with Crippen molar-refractivity contribution in [2.45, 2.75) is 6.04 Å². The molecule has 1 atom stereocenters.